The largest absolute Gasteiger partial charge is 0.457 e. The van der Waals surface area contributed by atoms with Crippen LogP contribution >= 0.6 is 0 Å². The van der Waals surface area contributed by atoms with E-state index < -0.39 is 80.7 Å². The molecule has 2 saturated heterocycles. The predicted molar refractivity (Wildman–Crippen MR) is 275 cm³/mol. The van der Waals surface area contributed by atoms with Gasteiger partial charge in [0.05, 0.1) is 26.4 Å². The standard InChI is InChI=1S/C56H106O14/c1-3-5-7-9-11-13-15-17-19-20-21-22-23-24-25-26-27-29-31-33-35-37-39-48(58)68-45(42-65-40-38-36-34-32-30-28-18-16-14-12-10-8-6-4-2)43-66-55-54(64)52(62)50(60)47(70-55)44-67-56-53(63)51(61)49(59)46(41-57)69-56/h14,16,45-47,49-57,59-64H,3-13,15,17-44H2,1-2H3/b16-14-. The number of hydrogen-bond acceptors (Lipinski definition) is 14. The van der Waals surface area contributed by atoms with Gasteiger partial charge in [0, 0.05) is 13.0 Å². The molecular formula is C56H106O14. The summed E-state index contributed by atoms with van der Waals surface area (Å²) in [5, 5.41) is 72.3. The number of carbonyl (C=O) groups excluding carboxylic acids is 1. The first-order valence-electron chi connectivity index (χ1n) is 28.8. The molecule has 11 atom stereocenters. The summed E-state index contributed by atoms with van der Waals surface area (Å²) < 4.78 is 34.4. The van der Waals surface area contributed by atoms with Crippen LogP contribution in [0.4, 0.5) is 0 Å². The van der Waals surface area contributed by atoms with Gasteiger partial charge in [-0.3, -0.25) is 4.79 Å². The lowest BCUT2D eigenvalue weighted by molar-refractivity contribution is -0.332. The Bertz CT molecular complexity index is 1210. The number of esters is 1. The van der Waals surface area contributed by atoms with Crippen molar-refractivity contribution < 1.29 is 69.0 Å². The van der Waals surface area contributed by atoms with Gasteiger partial charge in [0.1, 0.15) is 54.9 Å². The first-order valence-corrected chi connectivity index (χ1v) is 28.8. The predicted octanol–water partition coefficient (Wildman–Crippen LogP) is 9.81. The molecule has 0 saturated carbocycles. The maximum atomic E-state index is 13.1. The number of unbranched alkanes of at least 4 members (excludes halogenated alkanes) is 31. The lowest BCUT2D eigenvalue weighted by atomic mass is 9.98. The molecule has 2 rings (SSSR count). The van der Waals surface area contributed by atoms with E-state index in [0.29, 0.717) is 13.0 Å². The third-order valence-electron chi connectivity index (χ3n) is 14.0. The van der Waals surface area contributed by atoms with Gasteiger partial charge in [-0.1, -0.05) is 206 Å². The normalized spacial score (nSPS) is 25.5. The molecule has 7 N–H and O–H groups in total. The molecule has 2 fully saturated rings. The van der Waals surface area contributed by atoms with E-state index >= 15 is 0 Å². The molecule has 11 unspecified atom stereocenters. The number of aliphatic hydroxyl groups is 7. The quantitative estimate of drug-likeness (QED) is 0.0172. The van der Waals surface area contributed by atoms with Gasteiger partial charge in [-0.15, -0.1) is 0 Å². The SMILES string of the molecule is CCCCCC/C=C\CCCCCCCCOCC(COC1OC(COC2OC(CO)C(O)C(O)C2O)C(O)C(O)C1O)OC(=O)CCCCCCCCCCCCCCCCCCCCCCCC. The lowest BCUT2D eigenvalue weighted by Crippen LogP contribution is -2.61. The van der Waals surface area contributed by atoms with Gasteiger partial charge < -0.3 is 64.2 Å². The van der Waals surface area contributed by atoms with E-state index in [4.69, 9.17) is 28.4 Å². The first-order chi connectivity index (χ1) is 34.1. The highest BCUT2D eigenvalue weighted by Crippen LogP contribution is 2.27. The summed E-state index contributed by atoms with van der Waals surface area (Å²) in [4.78, 5) is 13.1. The summed E-state index contributed by atoms with van der Waals surface area (Å²) in [6.45, 7) is 3.71. The Morgan fingerprint density at radius 3 is 1.31 bits per heavy atom. The fraction of sp³-hybridized carbons (Fsp3) is 0.946. The van der Waals surface area contributed by atoms with Gasteiger partial charge >= 0.3 is 5.97 Å². The zero-order chi connectivity index (χ0) is 50.9. The molecule has 0 aromatic rings. The molecule has 0 bridgehead atoms. The highest BCUT2D eigenvalue weighted by molar-refractivity contribution is 5.69. The molecule has 0 aromatic carbocycles. The van der Waals surface area contributed by atoms with Crippen LogP contribution in [0.1, 0.15) is 239 Å². The van der Waals surface area contributed by atoms with Gasteiger partial charge in [0.25, 0.3) is 0 Å². The minimum Gasteiger partial charge on any atom is -0.457 e. The minimum atomic E-state index is -1.70. The topological polar surface area (TPSA) is 214 Å². The van der Waals surface area contributed by atoms with Crippen molar-refractivity contribution in [3.05, 3.63) is 12.2 Å². The molecule has 0 aliphatic carbocycles. The van der Waals surface area contributed by atoms with Gasteiger partial charge in [-0.2, -0.15) is 0 Å². The summed E-state index contributed by atoms with van der Waals surface area (Å²) in [7, 11) is 0. The monoisotopic (exact) mass is 1000 g/mol. The van der Waals surface area contributed by atoms with Crippen LogP contribution in [0.5, 0.6) is 0 Å². The molecule has 0 aromatic heterocycles. The molecule has 70 heavy (non-hydrogen) atoms. The number of carbonyl (C=O) groups is 1. The maximum Gasteiger partial charge on any atom is 0.306 e. The van der Waals surface area contributed by atoms with Gasteiger partial charge in [-0.05, 0) is 38.5 Å². The first kappa shape index (κ1) is 64.8. The van der Waals surface area contributed by atoms with E-state index in [1.165, 1.54) is 167 Å². The van der Waals surface area contributed by atoms with Crippen molar-refractivity contribution in [2.75, 3.05) is 33.0 Å². The van der Waals surface area contributed by atoms with Crippen molar-refractivity contribution in [1.29, 1.82) is 0 Å². The van der Waals surface area contributed by atoms with Gasteiger partial charge in [-0.25, -0.2) is 0 Å². The van der Waals surface area contributed by atoms with Crippen molar-refractivity contribution >= 4 is 5.97 Å². The van der Waals surface area contributed by atoms with Crippen molar-refractivity contribution in [2.24, 2.45) is 0 Å². The smallest absolute Gasteiger partial charge is 0.306 e. The fourth-order valence-electron chi connectivity index (χ4n) is 9.34. The van der Waals surface area contributed by atoms with E-state index in [9.17, 15) is 40.5 Å². The van der Waals surface area contributed by atoms with Crippen molar-refractivity contribution in [2.45, 2.75) is 306 Å². The Balaban J connectivity index is 1.70. The third-order valence-corrected chi connectivity index (χ3v) is 14.0. The Morgan fingerprint density at radius 2 is 0.843 bits per heavy atom. The molecule has 0 spiro atoms. The summed E-state index contributed by atoms with van der Waals surface area (Å²) in [5.41, 5.74) is 0. The summed E-state index contributed by atoms with van der Waals surface area (Å²) >= 11 is 0. The van der Waals surface area contributed by atoms with Crippen LogP contribution in [0.2, 0.25) is 0 Å². The highest BCUT2D eigenvalue weighted by Gasteiger charge is 2.47. The zero-order valence-electron chi connectivity index (χ0n) is 44.3. The van der Waals surface area contributed by atoms with E-state index in [1.807, 2.05) is 0 Å². The number of ether oxygens (including phenoxy) is 6. The van der Waals surface area contributed by atoms with Crippen LogP contribution in [0.25, 0.3) is 0 Å². The Hall–Kier alpha value is -1.27. The molecule has 0 amide bonds. The van der Waals surface area contributed by atoms with Gasteiger partial charge in [0.15, 0.2) is 12.6 Å². The van der Waals surface area contributed by atoms with Crippen LogP contribution < -0.4 is 0 Å². The average molecular weight is 1000 g/mol. The average Bonchev–Trinajstić information content (AvgIpc) is 3.36. The van der Waals surface area contributed by atoms with Crippen molar-refractivity contribution in [3.8, 4) is 0 Å². The van der Waals surface area contributed by atoms with Crippen LogP contribution in [0, 0.1) is 0 Å². The number of aliphatic hydroxyl groups excluding tert-OH is 7. The Kier molecular flexibility index (Phi) is 40.8. The van der Waals surface area contributed by atoms with E-state index in [2.05, 4.69) is 26.0 Å². The summed E-state index contributed by atoms with van der Waals surface area (Å²) in [6.07, 6.45) is 31.3. The Labute approximate surface area is 425 Å². The van der Waals surface area contributed by atoms with Crippen LogP contribution in [-0.2, 0) is 33.2 Å². The third kappa shape index (κ3) is 30.8. The number of allylic oxidation sites excluding steroid dienone is 2. The molecule has 0 radical (unpaired) electrons. The number of rotatable bonds is 47. The molecule has 2 aliphatic rings. The van der Waals surface area contributed by atoms with Crippen molar-refractivity contribution in [3.63, 3.8) is 0 Å². The second kappa shape index (κ2) is 44.1. The molecular weight excluding hydrogens is 897 g/mol. The second-order valence-electron chi connectivity index (χ2n) is 20.5. The molecule has 14 heteroatoms. The van der Waals surface area contributed by atoms with Crippen molar-refractivity contribution in [1.82, 2.24) is 0 Å². The second-order valence-corrected chi connectivity index (χ2v) is 20.5. The fourth-order valence-corrected chi connectivity index (χ4v) is 9.34. The summed E-state index contributed by atoms with van der Waals surface area (Å²) in [6, 6.07) is 0. The molecule has 414 valence electrons. The van der Waals surface area contributed by atoms with E-state index in [-0.39, 0.29) is 25.6 Å². The minimum absolute atomic E-state index is 0.0630. The highest BCUT2D eigenvalue weighted by atomic mass is 16.7. The molecule has 2 aliphatic heterocycles. The number of hydrogen-bond donors (Lipinski definition) is 7. The zero-order valence-corrected chi connectivity index (χ0v) is 44.3. The van der Waals surface area contributed by atoms with Crippen LogP contribution in [0.15, 0.2) is 12.2 Å². The Morgan fingerprint density at radius 1 is 0.457 bits per heavy atom. The molecule has 2 heterocycles. The van der Waals surface area contributed by atoms with E-state index in [1.54, 1.807) is 0 Å². The lowest BCUT2D eigenvalue weighted by Gasteiger charge is -2.42. The maximum absolute atomic E-state index is 13.1. The van der Waals surface area contributed by atoms with Crippen LogP contribution in [-0.4, -0.2) is 142 Å². The molecule has 14 nitrogen and oxygen atoms in total. The van der Waals surface area contributed by atoms with E-state index in [0.717, 1.165) is 44.9 Å². The summed E-state index contributed by atoms with van der Waals surface area (Å²) in [5.74, 6) is -0.372. The van der Waals surface area contributed by atoms with Gasteiger partial charge in [0.2, 0.25) is 0 Å². The van der Waals surface area contributed by atoms with Crippen LogP contribution in [0.3, 0.4) is 0 Å².